The molecule has 0 aromatic heterocycles. The highest BCUT2D eigenvalue weighted by Gasteiger charge is 2.31. The average molecular weight is 193 g/mol. The van der Waals surface area contributed by atoms with Gasteiger partial charge in [0.1, 0.15) is 6.23 Å². The lowest BCUT2D eigenvalue weighted by Crippen LogP contribution is -2.43. The Morgan fingerprint density at radius 2 is 2.43 bits per heavy atom. The predicted molar refractivity (Wildman–Crippen MR) is 58.0 cm³/mol. The summed E-state index contributed by atoms with van der Waals surface area (Å²) in [5.74, 6) is 0.729. The molecule has 0 aromatic carbocycles. The molecule has 0 saturated carbocycles. The van der Waals surface area contributed by atoms with Crippen LogP contribution in [0, 0.1) is 5.92 Å². The maximum atomic E-state index is 5.79. The maximum Gasteiger partial charge on any atom is 0.133 e. The highest BCUT2D eigenvalue weighted by molar-refractivity contribution is 5.25. The Morgan fingerprint density at radius 3 is 3.21 bits per heavy atom. The highest BCUT2D eigenvalue weighted by atomic mass is 16.5. The van der Waals surface area contributed by atoms with E-state index in [4.69, 9.17) is 4.74 Å². The van der Waals surface area contributed by atoms with Gasteiger partial charge in [-0.3, -0.25) is 4.90 Å². The standard InChI is InChI=1S/C12H19NO/c1-3-14-12-11-7-5-4-6-10(11)8-9-13(12)2/h4-5,7,10,12H,3,6,8-9H2,1-2H3. The molecule has 1 heterocycles. The second-order valence-electron chi connectivity index (χ2n) is 4.10. The number of likely N-dealkylation sites (N-methyl/N-ethyl adjacent to an activating group) is 1. The van der Waals surface area contributed by atoms with Crippen LogP contribution in [-0.4, -0.2) is 31.3 Å². The van der Waals surface area contributed by atoms with Crippen molar-refractivity contribution in [2.75, 3.05) is 20.2 Å². The summed E-state index contributed by atoms with van der Waals surface area (Å²) in [5.41, 5.74) is 1.48. The van der Waals surface area contributed by atoms with E-state index in [9.17, 15) is 0 Å². The first-order valence-corrected chi connectivity index (χ1v) is 5.51. The topological polar surface area (TPSA) is 12.5 Å². The van der Waals surface area contributed by atoms with E-state index < -0.39 is 0 Å². The van der Waals surface area contributed by atoms with E-state index in [1.807, 2.05) is 0 Å². The van der Waals surface area contributed by atoms with Crippen LogP contribution in [-0.2, 0) is 4.74 Å². The molecule has 2 heteroatoms. The van der Waals surface area contributed by atoms with Crippen LogP contribution in [0.4, 0.5) is 0 Å². The summed E-state index contributed by atoms with van der Waals surface area (Å²) in [6.07, 6.45) is 9.37. The van der Waals surface area contributed by atoms with Crippen LogP contribution >= 0.6 is 0 Å². The molecule has 0 radical (unpaired) electrons. The van der Waals surface area contributed by atoms with Crippen molar-refractivity contribution in [1.82, 2.24) is 4.90 Å². The lowest BCUT2D eigenvalue weighted by atomic mass is 9.84. The Hall–Kier alpha value is -0.600. The quantitative estimate of drug-likeness (QED) is 0.666. The van der Waals surface area contributed by atoms with Gasteiger partial charge in [-0.1, -0.05) is 18.2 Å². The molecular weight excluding hydrogens is 174 g/mol. The van der Waals surface area contributed by atoms with Crippen LogP contribution in [0.25, 0.3) is 0 Å². The lowest BCUT2D eigenvalue weighted by Gasteiger charge is -2.39. The molecule has 1 fully saturated rings. The second kappa shape index (κ2) is 4.28. The van der Waals surface area contributed by atoms with E-state index >= 15 is 0 Å². The van der Waals surface area contributed by atoms with Gasteiger partial charge in [0.25, 0.3) is 0 Å². The van der Waals surface area contributed by atoms with Crippen molar-refractivity contribution < 1.29 is 4.74 Å². The molecular formula is C12H19NO. The minimum atomic E-state index is 0.226. The Morgan fingerprint density at radius 1 is 1.57 bits per heavy atom. The van der Waals surface area contributed by atoms with E-state index in [1.54, 1.807) is 0 Å². The summed E-state index contributed by atoms with van der Waals surface area (Å²) in [4.78, 5) is 2.31. The maximum absolute atomic E-state index is 5.79. The van der Waals surface area contributed by atoms with E-state index in [-0.39, 0.29) is 6.23 Å². The average Bonchev–Trinajstić information content (AvgIpc) is 2.23. The minimum absolute atomic E-state index is 0.226. The summed E-state index contributed by atoms with van der Waals surface area (Å²) >= 11 is 0. The van der Waals surface area contributed by atoms with Gasteiger partial charge in [0.2, 0.25) is 0 Å². The van der Waals surface area contributed by atoms with Gasteiger partial charge in [-0.15, -0.1) is 0 Å². The lowest BCUT2D eigenvalue weighted by molar-refractivity contribution is -0.0387. The number of hydrogen-bond donors (Lipinski definition) is 0. The van der Waals surface area contributed by atoms with Crippen LogP contribution < -0.4 is 0 Å². The second-order valence-corrected chi connectivity index (χ2v) is 4.10. The summed E-state index contributed by atoms with van der Waals surface area (Å²) in [7, 11) is 2.15. The van der Waals surface area contributed by atoms with Gasteiger partial charge in [0.15, 0.2) is 0 Å². The molecule has 1 aliphatic heterocycles. The van der Waals surface area contributed by atoms with Crippen LogP contribution in [0.5, 0.6) is 0 Å². The van der Waals surface area contributed by atoms with Crippen molar-refractivity contribution in [1.29, 1.82) is 0 Å². The molecule has 0 amide bonds. The van der Waals surface area contributed by atoms with Gasteiger partial charge >= 0.3 is 0 Å². The molecule has 2 nitrogen and oxygen atoms in total. The number of rotatable bonds is 2. The van der Waals surface area contributed by atoms with Gasteiger partial charge in [-0.25, -0.2) is 0 Å². The van der Waals surface area contributed by atoms with E-state index in [1.165, 1.54) is 18.4 Å². The largest absolute Gasteiger partial charge is 0.359 e. The van der Waals surface area contributed by atoms with Crippen molar-refractivity contribution in [3.63, 3.8) is 0 Å². The summed E-state index contributed by atoms with van der Waals surface area (Å²) in [6.45, 7) is 4.01. The van der Waals surface area contributed by atoms with E-state index in [0.29, 0.717) is 0 Å². The Labute approximate surface area is 86.2 Å². The monoisotopic (exact) mass is 193 g/mol. The molecule has 1 aliphatic carbocycles. The third kappa shape index (κ3) is 1.77. The number of allylic oxidation sites excluding steroid dienone is 3. The third-order valence-corrected chi connectivity index (χ3v) is 3.16. The zero-order valence-corrected chi connectivity index (χ0v) is 9.07. The minimum Gasteiger partial charge on any atom is -0.359 e. The fraction of sp³-hybridized carbons (Fsp3) is 0.667. The van der Waals surface area contributed by atoms with Crippen LogP contribution in [0.2, 0.25) is 0 Å². The van der Waals surface area contributed by atoms with E-state index in [2.05, 4.69) is 37.1 Å². The zero-order valence-electron chi connectivity index (χ0n) is 9.07. The number of hydrogen-bond acceptors (Lipinski definition) is 2. The van der Waals surface area contributed by atoms with Gasteiger partial charge in [0, 0.05) is 13.2 Å². The van der Waals surface area contributed by atoms with Crippen molar-refractivity contribution in [3.05, 3.63) is 23.8 Å². The molecule has 1 saturated heterocycles. The third-order valence-electron chi connectivity index (χ3n) is 3.16. The number of piperidine rings is 1. The van der Waals surface area contributed by atoms with Crippen LogP contribution in [0.1, 0.15) is 19.8 Å². The van der Waals surface area contributed by atoms with Gasteiger partial charge in [-0.05, 0) is 38.3 Å². The van der Waals surface area contributed by atoms with Gasteiger partial charge in [-0.2, -0.15) is 0 Å². The van der Waals surface area contributed by atoms with Gasteiger partial charge in [0.05, 0.1) is 0 Å². The number of ether oxygens (including phenoxy) is 1. The molecule has 2 atom stereocenters. The first-order chi connectivity index (χ1) is 6.83. The summed E-state index contributed by atoms with van der Waals surface area (Å²) in [5, 5.41) is 0. The molecule has 78 valence electrons. The smallest absolute Gasteiger partial charge is 0.133 e. The van der Waals surface area contributed by atoms with Crippen molar-refractivity contribution in [2.24, 2.45) is 5.92 Å². The molecule has 2 unspecified atom stereocenters. The molecule has 0 bridgehead atoms. The van der Waals surface area contributed by atoms with Gasteiger partial charge < -0.3 is 4.74 Å². The van der Waals surface area contributed by atoms with Crippen molar-refractivity contribution in [3.8, 4) is 0 Å². The van der Waals surface area contributed by atoms with Crippen molar-refractivity contribution in [2.45, 2.75) is 26.0 Å². The van der Waals surface area contributed by atoms with Crippen LogP contribution in [0.15, 0.2) is 23.8 Å². The van der Waals surface area contributed by atoms with Crippen molar-refractivity contribution >= 4 is 0 Å². The predicted octanol–water partition coefficient (Wildman–Crippen LogP) is 2.19. The number of fused-ring (bicyclic) bond motifs is 1. The zero-order chi connectivity index (χ0) is 9.97. The molecule has 0 spiro atoms. The summed E-state index contributed by atoms with van der Waals surface area (Å²) in [6, 6.07) is 0. The normalized spacial score (nSPS) is 32.6. The fourth-order valence-electron chi connectivity index (χ4n) is 2.38. The van der Waals surface area contributed by atoms with Crippen LogP contribution in [0.3, 0.4) is 0 Å². The first kappa shape index (κ1) is 9.94. The first-order valence-electron chi connectivity index (χ1n) is 5.51. The molecule has 2 rings (SSSR count). The Bertz CT molecular complexity index is 257. The van der Waals surface area contributed by atoms with E-state index in [0.717, 1.165) is 19.1 Å². The number of nitrogens with zero attached hydrogens (tertiary/aromatic N) is 1. The molecule has 14 heavy (non-hydrogen) atoms. The SMILES string of the molecule is CCOC1C2=CC=CCC2CCN1C. The highest BCUT2D eigenvalue weighted by Crippen LogP contribution is 2.33. The number of likely N-dealkylation sites (tertiary alicyclic amines) is 1. The summed E-state index contributed by atoms with van der Waals surface area (Å²) < 4.78 is 5.79. The Kier molecular flexibility index (Phi) is 3.04. The fourth-order valence-corrected chi connectivity index (χ4v) is 2.38. The Balaban J connectivity index is 2.16. The molecule has 0 N–H and O–H groups in total. The molecule has 2 aliphatic rings. The molecule has 0 aromatic rings.